The van der Waals surface area contributed by atoms with Crippen LogP contribution >= 0.6 is 11.8 Å². The van der Waals surface area contributed by atoms with Gasteiger partial charge in [0.2, 0.25) is 0 Å². The third-order valence-corrected chi connectivity index (χ3v) is 3.46. The molecule has 2 rings (SSSR count). The summed E-state index contributed by atoms with van der Waals surface area (Å²) in [4.78, 5) is 1.27. The predicted octanol–water partition coefficient (Wildman–Crippen LogP) is 3.80. The molecule has 0 spiro atoms. The van der Waals surface area contributed by atoms with Crippen molar-refractivity contribution in [3.8, 4) is 0 Å². The molecule has 2 aromatic rings. The fourth-order valence-corrected chi connectivity index (χ4v) is 2.14. The molecule has 0 unspecified atom stereocenters. The molecule has 96 valence electrons. The zero-order chi connectivity index (χ0) is 13.0. The highest BCUT2D eigenvalue weighted by molar-refractivity contribution is 7.98. The van der Waals surface area contributed by atoms with Crippen LogP contribution in [0.3, 0.4) is 0 Å². The van der Waals surface area contributed by atoms with Gasteiger partial charge in [-0.05, 0) is 44.4 Å². The molecule has 0 bridgehead atoms. The maximum absolute atomic E-state index is 4.52. The number of aromatic nitrogens is 2. The summed E-state index contributed by atoms with van der Waals surface area (Å²) in [6, 6.07) is 10.9. The van der Waals surface area contributed by atoms with Gasteiger partial charge in [0.25, 0.3) is 0 Å². The second-order valence-electron chi connectivity index (χ2n) is 4.47. The molecule has 0 fully saturated rings. The summed E-state index contributed by atoms with van der Waals surface area (Å²) >= 11 is 1.75. The SMILES string of the molecule is CSc1cccc(NCc2ccn(C(C)C)n2)c1. The van der Waals surface area contributed by atoms with E-state index < -0.39 is 0 Å². The van der Waals surface area contributed by atoms with Crippen LogP contribution in [-0.2, 0) is 6.54 Å². The lowest BCUT2D eigenvalue weighted by molar-refractivity contribution is 0.527. The van der Waals surface area contributed by atoms with E-state index in [1.54, 1.807) is 11.8 Å². The lowest BCUT2D eigenvalue weighted by Gasteiger charge is -2.06. The summed E-state index contributed by atoms with van der Waals surface area (Å²) in [6.07, 6.45) is 4.11. The maximum atomic E-state index is 4.52. The Morgan fingerprint density at radius 1 is 1.33 bits per heavy atom. The zero-order valence-corrected chi connectivity index (χ0v) is 11.9. The molecule has 0 saturated heterocycles. The van der Waals surface area contributed by atoms with Crippen molar-refractivity contribution in [3.63, 3.8) is 0 Å². The number of nitrogens with zero attached hydrogens (tertiary/aromatic N) is 2. The number of hydrogen-bond donors (Lipinski definition) is 1. The lowest BCUT2D eigenvalue weighted by Crippen LogP contribution is -2.04. The molecule has 0 radical (unpaired) electrons. The fraction of sp³-hybridized carbons (Fsp3) is 0.357. The topological polar surface area (TPSA) is 29.9 Å². The Morgan fingerprint density at radius 3 is 2.83 bits per heavy atom. The Hall–Kier alpha value is -1.42. The summed E-state index contributed by atoms with van der Waals surface area (Å²) in [5.41, 5.74) is 2.21. The molecule has 1 aromatic carbocycles. The molecule has 18 heavy (non-hydrogen) atoms. The smallest absolute Gasteiger partial charge is 0.0815 e. The summed E-state index contributed by atoms with van der Waals surface area (Å²) in [7, 11) is 0. The van der Waals surface area contributed by atoms with Gasteiger partial charge in [0.05, 0.1) is 12.2 Å². The van der Waals surface area contributed by atoms with Crippen molar-refractivity contribution in [2.24, 2.45) is 0 Å². The van der Waals surface area contributed by atoms with Crippen molar-refractivity contribution in [2.75, 3.05) is 11.6 Å². The Bertz CT molecular complexity index is 505. The number of thioether (sulfide) groups is 1. The van der Waals surface area contributed by atoms with E-state index in [-0.39, 0.29) is 0 Å². The highest BCUT2D eigenvalue weighted by atomic mass is 32.2. The molecule has 1 N–H and O–H groups in total. The average molecular weight is 261 g/mol. The monoisotopic (exact) mass is 261 g/mol. The Balaban J connectivity index is 1.97. The molecular formula is C14H19N3S. The van der Waals surface area contributed by atoms with E-state index in [0.717, 1.165) is 17.9 Å². The van der Waals surface area contributed by atoms with E-state index in [4.69, 9.17) is 0 Å². The van der Waals surface area contributed by atoms with Crippen molar-refractivity contribution in [2.45, 2.75) is 31.3 Å². The van der Waals surface area contributed by atoms with E-state index in [1.807, 2.05) is 10.9 Å². The van der Waals surface area contributed by atoms with Crippen LogP contribution in [0.1, 0.15) is 25.6 Å². The first kappa shape index (κ1) is 13.0. The summed E-state index contributed by atoms with van der Waals surface area (Å²) in [5, 5.41) is 7.92. The van der Waals surface area contributed by atoms with Gasteiger partial charge >= 0.3 is 0 Å². The largest absolute Gasteiger partial charge is 0.379 e. The fourth-order valence-electron chi connectivity index (χ4n) is 1.68. The van der Waals surface area contributed by atoms with Gasteiger partial charge in [-0.15, -0.1) is 11.8 Å². The van der Waals surface area contributed by atoms with Gasteiger partial charge in [0.1, 0.15) is 0 Å². The molecular weight excluding hydrogens is 242 g/mol. The molecule has 3 nitrogen and oxygen atoms in total. The third kappa shape index (κ3) is 3.29. The van der Waals surface area contributed by atoms with E-state index in [1.165, 1.54) is 4.90 Å². The molecule has 0 aliphatic rings. The molecule has 0 amide bonds. The normalized spacial score (nSPS) is 10.9. The first-order valence-electron chi connectivity index (χ1n) is 6.11. The summed E-state index contributed by atoms with van der Waals surface area (Å²) in [5.74, 6) is 0. The molecule has 0 atom stereocenters. The lowest BCUT2D eigenvalue weighted by atomic mass is 10.3. The second kappa shape index (κ2) is 5.96. The minimum Gasteiger partial charge on any atom is -0.379 e. The first-order valence-corrected chi connectivity index (χ1v) is 7.33. The van der Waals surface area contributed by atoms with Crippen LogP contribution in [0.15, 0.2) is 41.4 Å². The van der Waals surface area contributed by atoms with Gasteiger partial charge in [0.15, 0.2) is 0 Å². The Kier molecular flexibility index (Phi) is 4.31. The number of rotatable bonds is 5. The van der Waals surface area contributed by atoms with Gasteiger partial charge in [-0.25, -0.2) is 0 Å². The minimum absolute atomic E-state index is 0.415. The van der Waals surface area contributed by atoms with Crippen molar-refractivity contribution in [1.29, 1.82) is 0 Å². The second-order valence-corrected chi connectivity index (χ2v) is 5.35. The number of benzene rings is 1. The van der Waals surface area contributed by atoms with Crippen molar-refractivity contribution >= 4 is 17.4 Å². The van der Waals surface area contributed by atoms with E-state index >= 15 is 0 Å². The quantitative estimate of drug-likeness (QED) is 0.830. The van der Waals surface area contributed by atoms with Crippen LogP contribution in [0.25, 0.3) is 0 Å². The van der Waals surface area contributed by atoms with Crippen LogP contribution in [0.4, 0.5) is 5.69 Å². The molecule has 0 aliphatic carbocycles. The van der Waals surface area contributed by atoms with Crippen LogP contribution in [-0.4, -0.2) is 16.0 Å². The maximum Gasteiger partial charge on any atom is 0.0815 e. The van der Waals surface area contributed by atoms with Crippen LogP contribution < -0.4 is 5.32 Å². The first-order chi connectivity index (χ1) is 8.69. The van der Waals surface area contributed by atoms with Crippen LogP contribution in [0.5, 0.6) is 0 Å². The molecule has 4 heteroatoms. The molecule has 1 aromatic heterocycles. The van der Waals surface area contributed by atoms with E-state index in [9.17, 15) is 0 Å². The Morgan fingerprint density at radius 2 is 2.17 bits per heavy atom. The van der Waals surface area contributed by atoms with E-state index in [2.05, 4.69) is 60.9 Å². The van der Waals surface area contributed by atoms with Crippen molar-refractivity contribution < 1.29 is 0 Å². The molecule has 1 heterocycles. The van der Waals surface area contributed by atoms with Gasteiger partial charge in [-0.3, -0.25) is 4.68 Å². The highest BCUT2D eigenvalue weighted by Crippen LogP contribution is 2.19. The third-order valence-electron chi connectivity index (χ3n) is 2.74. The van der Waals surface area contributed by atoms with Crippen LogP contribution in [0.2, 0.25) is 0 Å². The van der Waals surface area contributed by atoms with Gasteiger partial charge < -0.3 is 5.32 Å². The minimum atomic E-state index is 0.415. The zero-order valence-electron chi connectivity index (χ0n) is 11.1. The van der Waals surface area contributed by atoms with E-state index in [0.29, 0.717) is 6.04 Å². The van der Waals surface area contributed by atoms with Gasteiger partial charge in [-0.2, -0.15) is 5.10 Å². The predicted molar refractivity (Wildman–Crippen MR) is 78.2 cm³/mol. The van der Waals surface area contributed by atoms with Crippen molar-refractivity contribution in [3.05, 3.63) is 42.2 Å². The standard InChI is InChI=1S/C14H19N3S/c1-11(2)17-8-7-13(16-17)10-15-12-5-4-6-14(9-12)18-3/h4-9,11,15H,10H2,1-3H3. The summed E-state index contributed by atoms with van der Waals surface area (Å²) < 4.78 is 1.98. The number of anilines is 1. The highest BCUT2D eigenvalue weighted by Gasteiger charge is 2.02. The number of nitrogens with one attached hydrogen (secondary N) is 1. The molecule has 0 saturated carbocycles. The average Bonchev–Trinajstić information content (AvgIpc) is 2.85. The summed E-state index contributed by atoms with van der Waals surface area (Å²) in [6.45, 7) is 5.02. The Labute approximate surface area is 113 Å². The molecule has 0 aliphatic heterocycles. The number of hydrogen-bond acceptors (Lipinski definition) is 3. The van der Waals surface area contributed by atoms with Gasteiger partial charge in [-0.1, -0.05) is 6.07 Å². The van der Waals surface area contributed by atoms with Crippen LogP contribution in [0, 0.1) is 0 Å². The van der Waals surface area contributed by atoms with Crippen molar-refractivity contribution in [1.82, 2.24) is 9.78 Å². The van der Waals surface area contributed by atoms with Gasteiger partial charge in [0, 0.05) is 22.8 Å².